The fraction of sp³-hybridized carbons (Fsp3) is 0.952. The second-order valence-electron chi connectivity index (χ2n) is 21.7. The summed E-state index contributed by atoms with van der Waals surface area (Å²) < 4.78 is 16.9. The molecule has 1 atom stereocenters. The maximum absolute atomic E-state index is 12.8. The minimum Gasteiger partial charge on any atom is -0.462 e. The third-order valence-corrected chi connectivity index (χ3v) is 14.6. The molecule has 0 aliphatic rings. The highest BCUT2D eigenvalue weighted by Gasteiger charge is 2.19. The SMILES string of the molecule is CCCCCCCCCCCCCCCCCCCCCCCCCCC(=O)OCC(COC(=O)CCCCCCCCCC)OC(=O)CCCCCCCCCCCCCCCCCCCCC. The summed E-state index contributed by atoms with van der Waals surface area (Å²) in [6, 6.07) is 0. The topological polar surface area (TPSA) is 78.9 Å². The van der Waals surface area contributed by atoms with Gasteiger partial charge < -0.3 is 14.2 Å². The van der Waals surface area contributed by atoms with Gasteiger partial charge in [-0.2, -0.15) is 0 Å². The van der Waals surface area contributed by atoms with E-state index < -0.39 is 6.10 Å². The summed E-state index contributed by atoms with van der Waals surface area (Å²) >= 11 is 0. The van der Waals surface area contributed by atoms with Gasteiger partial charge in [0, 0.05) is 19.3 Å². The predicted octanol–water partition coefficient (Wildman–Crippen LogP) is 21.1. The highest BCUT2D eigenvalue weighted by atomic mass is 16.6. The second-order valence-corrected chi connectivity index (χ2v) is 21.7. The lowest BCUT2D eigenvalue weighted by molar-refractivity contribution is -0.167. The van der Waals surface area contributed by atoms with Gasteiger partial charge in [0.2, 0.25) is 0 Å². The quantitative estimate of drug-likeness (QED) is 0.0343. The van der Waals surface area contributed by atoms with Crippen LogP contribution in [0.25, 0.3) is 0 Å². The average Bonchev–Trinajstić information content (AvgIpc) is 3.35. The fourth-order valence-electron chi connectivity index (χ4n) is 9.86. The monoisotopic (exact) mass is 975 g/mol. The van der Waals surface area contributed by atoms with Crippen molar-refractivity contribution in [3.8, 4) is 0 Å². The lowest BCUT2D eigenvalue weighted by atomic mass is 10.0. The molecule has 0 aromatic rings. The van der Waals surface area contributed by atoms with Crippen LogP contribution in [0.2, 0.25) is 0 Å². The zero-order chi connectivity index (χ0) is 50.0. The Hall–Kier alpha value is -1.59. The van der Waals surface area contributed by atoms with Crippen LogP contribution in [-0.2, 0) is 28.6 Å². The average molecular weight is 976 g/mol. The molecule has 69 heavy (non-hydrogen) atoms. The zero-order valence-corrected chi connectivity index (χ0v) is 47.1. The van der Waals surface area contributed by atoms with E-state index in [1.165, 1.54) is 270 Å². The molecular formula is C63H122O6. The number of esters is 3. The Balaban J connectivity index is 4.09. The molecule has 0 aliphatic heterocycles. The zero-order valence-electron chi connectivity index (χ0n) is 47.1. The van der Waals surface area contributed by atoms with Crippen LogP contribution in [0, 0.1) is 0 Å². The van der Waals surface area contributed by atoms with Gasteiger partial charge in [-0.05, 0) is 19.3 Å². The molecule has 0 aromatic carbocycles. The van der Waals surface area contributed by atoms with Crippen molar-refractivity contribution in [2.75, 3.05) is 13.2 Å². The molecule has 410 valence electrons. The van der Waals surface area contributed by atoms with Crippen molar-refractivity contribution in [1.29, 1.82) is 0 Å². The molecule has 0 saturated heterocycles. The lowest BCUT2D eigenvalue weighted by Crippen LogP contribution is -2.30. The molecule has 1 unspecified atom stereocenters. The summed E-state index contributed by atoms with van der Waals surface area (Å²) in [5.74, 6) is -0.835. The van der Waals surface area contributed by atoms with E-state index in [-0.39, 0.29) is 31.1 Å². The molecule has 6 nitrogen and oxygen atoms in total. The Bertz CT molecular complexity index is 1030. The highest BCUT2D eigenvalue weighted by Crippen LogP contribution is 2.18. The first-order valence-corrected chi connectivity index (χ1v) is 31.5. The number of unbranched alkanes of at least 4 members (excludes halogenated alkanes) is 48. The number of hydrogen-bond donors (Lipinski definition) is 0. The third kappa shape index (κ3) is 57.2. The molecule has 0 bridgehead atoms. The van der Waals surface area contributed by atoms with E-state index >= 15 is 0 Å². The molecule has 0 aliphatic carbocycles. The van der Waals surface area contributed by atoms with Gasteiger partial charge in [-0.3, -0.25) is 14.4 Å². The lowest BCUT2D eigenvalue weighted by Gasteiger charge is -2.18. The van der Waals surface area contributed by atoms with Crippen LogP contribution in [-0.4, -0.2) is 37.2 Å². The van der Waals surface area contributed by atoms with Crippen LogP contribution in [0.15, 0.2) is 0 Å². The molecule has 0 radical (unpaired) electrons. The molecule has 0 N–H and O–H groups in total. The number of ether oxygens (including phenoxy) is 3. The van der Waals surface area contributed by atoms with Gasteiger partial charge in [0.15, 0.2) is 6.10 Å². The summed E-state index contributed by atoms with van der Waals surface area (Å²) in [6.07, 6.45) is 67.0. The smallest absolute Gasteiger partial charge is 0.306 e. The highest BCUT2D eigenvalue weighted by molar-refractivity contribution is 5.71. The normalized spacial score (nSPS) is 11.9. The maximum atomic E-state index is 12.8. The van der Waals surface area contributed by atoms with E-state index in [9.17, 15) is 14.4 Å². The van der Waals surface area contributed by atoms with Crippen LogP contribution in [0.5, 0.6) is 0 Å². The first kappa shape index (κ1) is 67.4. The fourth-order valence-corrected chi connectivity index (χ4v) is 9.86. The van der Waals surface area contributed by atoms with E-state index in [0.29, 0.717) is 19.3 Å². The summed E-state index contributed by atoms with van der Waals surface area (Å²) in [5, 5.41) is 0. The Morgan fingerprint density at radius 2 is 0.391 bits per heavy atom. The van der Waals surface area contributed by atoms with Crippen molar-refractivity contribution in [2.24, 2.45) is 0 Å². The van der Waals surface area contributed by atoms with Crippen molar-refractivity contribution in [3.63, 3.8) is 0 Å². The Morgan fingerprint density at radius 1 is 0.232 bits per heavy atom. The molecule has 0 saturated carbocycles. The first-order valence-electron chi connectivity index (χ1n) is 31.5. The molecule has 0 spiro atoms. The van der Waals surface area contributed by atoms with Gasteiger partial charge in [0.05, 0.1) is 0 Å². The van der Waals surface area contributed by atoms with Crippen molar-refractivity contribution in [1.82, 2.24) is 0 Å². The van der Waals surface area contributed by atoms with E-state index in [1.54, 1.807) is 0 Å². The van der Waals surface area contributed by atoms with Crippen molar-refractivity contribution in [2.45, 2.75) is 374 Å². The van der Waals surface area contributed by atoms with Crippen molar-refractivity contribution in [3.05, 3.63) is 0 Å². The number of carbonyl (C=O) groups excluding carboxylic acids is 3. The van der Waals surface area contributed by atoms with Gasteiger partial charge in [-0.25, -0.2) is 0 Å². The molecule has 0 heterocycles. The maximum Gasteiger partial charge on any atom is 0.306 e. The van der Waals surface area contributed by atoms with Crippen molar-refractivity contribution < 1.29 is 28.6 Å². The molecule has 0 fully saturated rings. The molecule has 0 aromatic heterocycles. The minimum absolute atomic E-state index is 0.0613. The standard InChI is InChI=1S/C63H122O6/c1-4-7-10-13-16-19-21-23-25-27-29-30-31-32-33-35-36-38-40-42-44-47-50-53-56-62(65)68-59-60(58-67-61(64)55-52-49-46-18-15-12-9-6-3)69-63(66)57-54-51-48-45-43-41-39-37-34-28-26-24-22-20-17-14-11-8-5-2/h60H,4-59H2,1-3H3. The second kappa shape index (κ2) is 59.0. The predicted molar refractivity (Wildman–Crippen MR) is 298 cm³/mol. The summed E-state index contributed by atoms with van der Waals surface area (Å²) in [6.45, 7) is 6.69. The molecular weight excluding hydrogens is 853 g/mol. The van der Waals surface area contributed by atoms with Crippen molar-refractivity contribution >= 4 is 17.9 Å². The van der Waals surface area contributed by atoms with E-state index in [1.807, 2.05) is 0 Å². The van der Waals surface area contributed by atoms with Crippen LogP contribution >= 0.6 is 0 Å². The van der Waals surface area contributed by atoms with Crippen LogP contribution < -0.4 is 0 Å². The van der Waals surface area contributed by atoms with Gasteiger partial charge in [0.25, 0.3) is 0 Å². The van der Waals surface area contributed by atoms with Crippen LogP contribution in [0.1, 0.15) is 367 Å². The number of rotatable bonds is 59. The number of carbonyl (C=O) groups is 3. The summed E-state index contributed by atoms with van der Waals surface area (Å²) in [4.78, 5) is 38.1. The largest absolute Gasteiger partial charge is 0.462 e. The van der Waals surface area contributed by atoms with Gasteiger partial charge in [-0.15, -0.1) is 0 Å². The van der Waals surface area contributed by atoms with Crippen LogP contribution in [0.4, 0.5) is 0 Å². The number of hydrogen-bond acceptors (Lipinski definition) is 6. The molecule has 6 heteroatoms. The summed E-state index contributed by atoms with van der Waals surface area (Å²) in [7, 11) is 0. The Morgan fingerprint density at radius 3 is 0.580 bits per heavy atom. The Kier molecular flexibility index (Phi) is 57.6. The van der Waals surface area contributed by atoms with E-state index in [2.05, 4.69) is 20.8 Å². The third-order valence-electron chi connectivity index (χ3n) is 14.6. The first-order chi connectivity index (χ1) is 34.0. The van der Waals surface area contributed by atoms with Gasteiger partial charge in [-0.1, -0.05) is 329 Å². The van der Waals surface area contributed by atoms with Crippen LogP contribution in [0.3, 0.4) is 0 Å². The molecule has 0 amide bonds. The summed E-state index contributed by atoms with van der Waals surface area (Å²) in [5.41, 5.74) is 0. The molecule has 0 rings (SSSR count). The van der Waals surface area contributed by atoms with Gasteiger partial charge >= 0.3 is 17.9 Å². The Labute approximate surface area is 431 Å². The van der Waals surface area contributed by atoms with Gasteiger partial charge in [0.1, 0.15) is 13.2 Å². The van der Waals surface area contributed by atoms with E-state index in [0.717, 1.165) is 57.8 Å². The minimum atomic E-state index is -0.761. The van der Waals surface area contributed by atoms with E-state index in [4.69, 9.17) is 14.2 Å².